The molecular formula is C13H13N3OS. The number of nitrogens with zero attached hydrogens (tertiary/aromatic N) is 3. The molecule has 3 rings (SSSR count). The highest BCUT2D eigenvalue weighted by atomic mass is 32.1. The van der Waals surface area contributed by atoms with Gasteiger partial charge >= 0.3 is 0 Å². The fraction of sp³-hybridized carbons (Fsp3) is 0.231. The van der Waals surface area contributed by atoms with Gasteiger partial charge in [0, 0.05) is 30.4 Å². The average molecular weight is 259 g/mol. The van der Waals surface area contributed by atoms with Crippen LogP contribution in [0.15, 0.2) is 41.6 Å². The highest BCUT2D eigenvalue weighted by Crippen LogP contribution is 2.18. The van der Waals surface area contributed by atoms with E-state index in [9.17, 15) is 4.79 Å². The molecule has 1 aromatic heterocycles. The fourth-order valence-corrected chi connectivity index (χ4v) is 2.43. The molecule has 18 heavy (non-hydrogen) atoms. The molecule has 0 fully saturated rings. The van der Waals surface area contributed by atoms with Crippen molar-refractivity contribution in [3.8, 4) is 0 Å². The molecule has 92 valence electrons. The van der Waals surface area contributed by atoms with Gasteiger partial charge in [0.15, 0.2) is 0 Å². The molecule has 1 aromatic carbocycles. The predicted octanol–water partition coefficient (Wildman–Crippen LogP) is 1.83. The molecule has 0 N–H and O–H groups in total. The zero-order valence-corrected chi connectivity index (χ0v) is 10.7. The van der Waals surface area contributed by atoms with E-state index in [4.69, 9.17) is 0 Å². The smallest absolute Gasteiger partial charge is 0.255 e. The van der Waals surface area contributed by atoms with E-state index in [1.54, 1.807) is 6.20 Å². The minimum atomic E-state index is 0.0230. The second-order valence-electron chi connectivity index (χ2n) is 4.28. The lowest BCUT2D eigenvalue weighted by Gasteiger charge is -2.28. The van der Waals surface area contributed by atoms with Crippen LogP contribution in [-0.4, -0.2) is 26.9 Å². The van der Waals surface area contributed by atoms with Crippen LogP contribution >= 0.6 is 12.6 Å². The number of hydrogen-bond donors (Lipinski definition) is 1. The molecule has 0 radical (unpaired) electrons. The second-order valence-corrected chi connectivity index (χ2v) is 4.76. The van der Waals surface area contributed by atoms with E-state index in [2.05, 4.69) is 22.2 Å². The van der Waals surface area contributed by atoms with Crippen molar-refractivity contribution in [3.63, 3.8) is 0 Å². The number of carbonyl (C=O) groups is 1. The summed E-state index contributed by atoms with van der Waals surface area (Å²) in [7, 11) is 0. The van der Waals surface area contributed by atoms with Crippen LogP contribution in [0.2, 0.25) is 0 Å². The van der Waals surface area contributed by atoms with Gasteiger partial charge < -0.3 is 9.47 Å². The molecule has 2 heterocycles. The van der Waals surface area contributed by atoms with Crippen molar-refractivity contribution in [1.82, 2.24) is 14.5 Å². The molecule has 2 aromatic rings. The number of hydrogen-bond acceptors (Lipinski definition) is 3. The van der Waals surface area contributed by atoms with Gasteiger partial charge in [0.05, 0.1) is 12.1 Å². The summed E-state index contributed by atoms with van der Waals surface area (Å²) < 4.78 is 2.08. The summed E-state index contributed by atoms with van der Waals surface area (Å²) >= 11 is 4.33. The number of rotatable bonds is 1. The SMILES string of the molecule is O=C(c1ccccc1S)N1CCn2ccnc2C1. The van der Waals surface area contributed by atoms with Crippen molar-refractivity contribution in [3.05, 3.63) is 48.0 Å². The Hall–Kier alpha value is -1.75. The van der Waals surface area contributed by atoms with Crippen LogP contribution in [0.5, 0.6) is 0 Å². The summed E-state index contributed by atoms with van der Waals surface area (Å²) in [5.74, 6) is 0.959. The molecule has 0 saturated carbocycles. The van der Waals surface area contributed by atoms with Crippen molar-refractivity contribution < 1.29 is 4.79 Å². The number of benzene rings is 1. The lowest BCUT2D eigenvalue weighted by molar-refractivity contribution is 0.0704. The standard InChI is InChI=1S/C13H13N3OS/c17-13(10-3-1-2-4-11(10)18)16-8-7-15-6-5-14-12(15)9-16/h1-6,18H,7-9H2. The minimum Gasteiger partial charge on any atom is -0.332 e. The molecule has 0 spiro atoms. The summed E-state index contributed by atoms with van der Waals surface area (Å²) in [6.45, 7) is 2.08. The molecule has 0 atom stereocenters. The van der Waals surface area contributed by atoms with Crippen LogP contribution in [0.4, 0.5) is 0 Å². The third kappa shape index (κ3) is 1.90. The maximum absolute atomic E-state index is 12.4. The molecule has 5 heteroatoms. The number of fused-ring (bicyclic) bond motifs is 1. The number of amides is 1. The normalized spacial score (nSPS) is 14.4. The first kappa shape index (κ1) is 11.3. The molecule has 4 nitrogen and oxygen atoms in total. The van der Waals surface area contributed by atoms with E-state index in [-0.39, 0.29) is 5.91 Å². The van der Waals surface area contributed by atoms with Gasteiger partial charge in [-0.1, -0.05) is 12.1 Å². The van der Waals surface area contributed by atoms with E-state index in [1.807, 2.05) is 35.4 Å². The summed E-state index contributed by atoms with van der Waals surface area (Å²) in [6.07, 6.45) is 3.72. The largest absolute Gasteiger partial charge is 0.332 e. The highest BCUT2D eigenvalue weighted by Gasteiger charge is 2.23. The zero-order valence-electron chi connectivity index (χ0n) is 9.78. The van der Waals surface area contributed by atoms with E-state index in [0.29, 0.717) is 18.7 Å². The van der Waals surface area contributed by atoms with Crippen LogP contribution < -0.4 is 0 Å². The quantitative estimate of drug-likeness (QED) is 0.793. The Morgan fingerprint density at radius 1 is 1.28 bits per heavy atom. The summed E-state index contributed by atoms with van der Waals surface area (Å²) in [5, 5.41) is 0. The maximum Gasteiger partial charge on any atom is 0.255 e. The molecule has 1 amide bonds. The van der Waals surface area contributed by atoms with Crippen LogP contribution in [0.1, 0.15) is 16.2 Å². The Morgan fingerprint density at radius 3 is 2.94 bits per heavy atom. The third-order valence-electron chi connectivity index (χ3n) is 3.17. The molecule has 1 aliphatic heterocycles. The Balaban J connectivity index is 1.85. The second kappa shape index (κ2) is 4.49. The molecule has 1 aliphatic rings. The summed E-state index contributed by atoms with van der Waals surface area (Å²) in [6, 6.07) is 7.38. The van der Waals surface area contributed by atoms with Gasteiger partial charge in [-0.05, 0) is 12.1 Å². The van der Waals surface area contributed by atoms with E-state index in [0.717, 1.165) is 17.3 Å². The number of aromatic nitrogens is 2. The summed E-state index contributed by atoms with van der Waals surface area (Å²) in [4.78, 5) is 19.2. The Kier molecular flexibility index (Phi) is 2.83. The van der Waals surface area contributed by atoms with Crippen LogP contribution in [0.3, 0.4) is 0 Å². The lowest BCUT2D eigenvalue weighted by Crippen LogP contribution is -2.38. The van der Waals surface area contributed by atoms with Crippen LogP contribution in [0.25, 0.3) is 0 Å². The predicted molar refractivity (Wildman–Crippen MR) is 70.7 cm³/mol. The maximum atomic E-state index is 12.4. The molecule has 0 bridgehead atoms. The van der Waals surface area contributed by atoms with Gasteiger partial charge in [-0.2, -0.15) is 0 Å². The number of imidazole rings is 1. The Labute approximate surface area is 111 Å². The fourth-order valence-electron chi connectivity index (χ4n) is 2.17. The van der Waals surface area contributed by atoms with Gasteiger partial charge in [0.25, 0.3) is 5.91 Å². The number of carbonyl (C=O) groups excluding carboxylic acids is 1. The monoisotopic (exact) mass is 259 g/mol. The number of thiol groups is 1. The first-order chi connectivity index (χ1) is 8.75. The first-order valence-electron chi connectivity index (χ1n) is 5.83. The van der Waals surface area contributed by atoms with Crippen LogP contribution in [0, 0.1) is 0 Å². The molecular weight excluding hydrogens is 246 g/mol. The third-order valence-corrected chi connectivity index (χ3v) is 3.56. The van der Waals surface area contributed by atoms with Crippen molar-refractivity contribution in [2.45, 2.75) is 18.0 Å². The minimum absolute atomic E-state index is 0.0230. The van der Waals surface area contributed by atoms with Crippen LogP contribution in [-0.2, 0) is 13.1 Å². The first-order valence-corrected chi connectivity index (χ1v) is 6.28. The Bertz CT molecular complexity index is 593. The van der Waals surface area contributed by atoms with Gasteiger partial charge in [0.2, 0.25) is 0 Å². The molecule has 0 saturated heterocycles. The summed E-state index contributed by atoms with van der Waals surface area (Å²) in [5.41, 5.74) is 0.654. The Morgan fingerprint density at radius 2 is 2.11 bits per heavy atom. The van der Waals surface area contributed by atoms with Gasteiger partial charge in [0.1, 0.15) is 5.82 Å². The van der Waals surface area contributed by atoms with Crippen molar-refractivity contribution in [2.24, 2.45) is 0 Å². The topological polar surface area (TPSA) is 38.1 Å². The van der Waals surface area contributed by atoms with Crippen molar-refractivity contribution in [1.29, 1.82) is 0 Å². The van der Waals surface area contributed by atoms with E-state index in [1.165, 1.54) is 0 Å². The highest BCUT2D eigenvalue weighted by molar-refractivity contribution is 7.80. The van der Waals surface area contributed by atoms with E-state index >= 15 is 0 Å². The van der Waals surface area contributed by atoms with E-state index < -0.39 is 0 Å². The lowest BCUT2D eigenvalue weighted by atomic mass is 10.2. The molecule has 0 aliphatic carbocycles. The van der Waals surface area contributed by atoms with Gasteiger partial charge in [-0.15, -0.1) is 12.6 Å². The van der Waals surface area contributed by atoms with Gasteiger partial charge in [-0.3, -0.25) is 4.79 Å². The molecule has 0 unspecified atom stereocenters. The zero-order chi connectivity index (χ0) is 12.5. The average Bonchev–Trinajstić information content (AvgIpc) is 2.85. The van der Waals surface area contributed by atoms with Crippen molar-refractivity contribution >= 4 is 18.5 Å². The van der Waals surface area contributed by atoms with Crippen molar-refractivity contribution in [2.75, 3.05) is 6.54 Å². The van der Waals surface area contributed by atoms with Gasteiger partial charge in [-0.25, -0.2) is 4.98 Å².